The quantitative estimate of drug-likeness (QED) is 0.891. The zero-order chi connectivity index (χ0) is 12.8. The van der Waals surface area contributed by atoms with Gasteiger partial charge in [0, 0.05) is 18.4 Å². The van der Waals surface area contributed by atoms with Crippen molar-refractivity contribution in [3.63, 3.8) is 0 Å². The van der Waals surface area contributed by atoms with Gasteiger partial charge < -0.3 is 5.32 Å². The SMILES string of the molecule is Cc1ncccc1C(=O)NCCc1ccccc1. The fraction of sp³-hybridized carbons (Fsp3) is 0.200. The summed E-state index contributed by atoms with van der Waals surface area (Å²) in [5.74, 6) is -0.0588. The van der Waals surface area contributed by atoms with Gasteiger partial charge in [-0.2, -0.15) is 0 Å². The molecule has 0 saturated heterocycles. The van der Waals surface area contributed by atoms with Crippen molar-refractivity contribution >= 4 is 5.91 Å². The molecule has 0 fully saturated rings. The molecule has 0 saturated carbocycles. The molecule has 3 heteroatoms. The Morgan fingerprint density at radius 2 is 1.94 bits per heavy atom. The Kier molecular flexibility index (Phi) is 4.07. The molecule has 2 rings (SSSR count). The van der Waals surface area contributed by atoms with Crippen molar-refractivity contribution in [2.24, 2.45) is 0 Å². The van der Waals surface area contributed by atoms with Crippen LogP contribution in [0.3, 0.4) is 0 Å². The summed E-state index contributed by atoms with van der Waals surface area (Å²) in [5.41, 5.74) is 2.63. The average Bonchev–Trinajstić information content (AvgIpc) is 2.40. The second kappa shape index (κ2) is 5.96. The van der Waals surface area contributed by atoms with E-state index in [4.69, 9.17) is 0 Å². The van der Waals surface area contributed by atoms with Crippen LogP contribution in [0.5, 0.6) is 0 Å². The number of aromatic nitrogens is 1. The van der Waals surface area contributed by atoms with Crippen LogP contribution in [-0.2, 0) is 6.42 Å². The standard InChI is InChI=1S/C15H16N2O/c1-12-14(8-5-10-16-12)15(18)17-11-9-13-6-3-2-4-7-13/h2-8,10H,9,11H2,1H3,(H,17,18). The van der Waals surface area contributed by atoms with Gasteiger partial charge in [0.05, 0.1) is 5.56 Å². The molecular weight excluding hydrogens is 224 g/mol. The molecule has 0 aliphatic carbocycles. The van der Waals surface area contributed by atoms with E-state index in [0.29, 0.717) is 12.1 Å². The van der Waals surface area contributed by atoms with Crippen LogP contribution < -0.4 is 5.32 Å². The number of amides is 1. The molecule has 3 nitrogen and oxygen atoms in total. The van der Waals surface area contributed by atoms with Gasteiger partial charge in [0.25, 0.3) is 5.91 Å². The van der Waals surface area contributed by atoms with Gasteiger partial charge >= 0.3 is 0 Å². The number of carbonyl (C=O) groups is 1. The molecule has 0 unspecified atom stereocenters. The molecule has 0 aliphatic heterocycles. The summed E-state index contributed by atoms with van der Waals surface area (Å²) in [6.07, 6.45) is 2.53. The maximum Gasteiger partial charge on any atom is 0.253 e. The monoisotopic (exact) mass is 240 g/mol. The minimum atomic E-state index is -0.0588. The maximum atomic E-state index is 11.9. The van der Waals surface area contributed by atoms with Crippen LogP contribution in [0.25, 0.3) is 0 Å². The van der Waals surface area contributed by atoms with Crippen molar-refractivity contribution in [3.8, 4) is 0 Å². The Balaban J connectivity index is 1.88. The van der Waals surface area contributed by atoms with Crippen molar-refractivity contribution in [2.45, 2.75) is 13.3 Å². The zero-order valence-corrected chi connectivity index (χ0v) is 10.4. The number of carbonyl (C=O) groups excluding carboxylic acids is 1. The van der Waals surface area contributed by atoms with Gasteiger partial charge in [-0.25, -0.2) is 0 Å². The van der Waals surface area contributed by atoms with Gasteiger partial charge in [0.1, 0.15) is 0 Å². The summed E-state index contributed by atoms with van der Waals surface area (Å²) in [6.45, 7) is 2.48. The van der Waals surface area contributed by atoms with Crippen LogP contribution in [0.4, 0.5) is 0 Å². The van der Waals surface area contributed by atoms with Crippen molar-refractivity contribution in [2.75, 3.05) is 6.54 Å². The normalized spacial score (nSPS) is 10.1. The van der Waals surface area contributed by atoms with Gasteiger partial charge in [-0.15, -0.1) is 0 Å². The van der Waals surface area contributed by atoms with Gasteiger partial charge in [-0.3, -0.25) is 9.78 Å². The molecule has 1 N–H and O–H groups in total. The lowest BCUT2D eigenvalue weighted by molar-refractivity contribution is 0.0953. The average molecular weight is 240 g/mol. The highest BCUT2D eigenvalue weighted by Crippen LogP contribution is 2.03. The Morgan fingerprint density at radius 3 is 2.67 bits per heavy atom. The zero-order valence-electron chi connectivity index (χ0n) is 10.4. The molecule has 2 aromatic rings. The highest BCUT2D eigenvalue weighted by atomic mass is 16.1. The minimum absolute atomic E-state index is 0.0588. The van der Waals surface area contributed by atoms with E-state index in [2.05, 4.69) is 22.4 Å². The van der Waals surface area contributed by atoms with Crippen molar-refractivity contribution in [1.29, 1.82) is 0 Å². The van der Waals surface area contributed by atoms with Gasteiger partial charge in [0.15, 0.2) is 0 Å². The third-order valence-electron chi connectivity index (χ3n) is 2.79. The van der Waals surface area contributed by atoms with Gasteiger partial charge in [0.2, 0.25) is 0 Å². The number of rotatable bonds is 4. The van der Waals surface area contributed by atoms with E-state index >= 15 is 0 Å². The fourth-order valence-corrected chi connectivity index (χ4v) is 1.78. The van der Waals surface area contributed by atoms with Gasteiger partial charge in [-0.05, 0) is 31.0 Å². The highest BCUT2D eigenvalue weighted by Gasteiger charge is 2.07. The van der Waals surface area contributed by atoms with E-state index in [1.807, 2.05) is 25.1 Å². The summed E-state index contributed by atoms with van der Waals surface area (Å²) < 4.78 is 0. The molecule has 0 aliphatic rings. The van der Waals surface area contributed by atoms with E-state index in [0.717, 1.165) is 12.1 Å². The number of hydrogen-bond acceptors (Lipinski definition) is 2. The van der Waals surface area contributed by atoms with E-state index in [-0.39, 0.29) is 5.91 Å². The first kappa shape index (κ1) is 12.3. The Labute approximate surface area is 107 Å². The van der Waals surface area contributed by atoms with Crippen molar-refractivity contribution in [3.05, 3.63) is 65.5 Å². The lowest BCUT2D eigenvalue weighted by atomic mass is 10.1. The van der Waals surface area contributed by atoms with Gasteiger partial charge in [-0.1, -0.05) is 30.3 Å². The first-order chi connectivity index (χ1) is 8.77. The van der Waals surface area contributed by atoms with Crippen LogP contribution in [0, 0.1) is 6.92 Å². The Hall–Kier alpha value is -2.16. The van der Waals surface area contributed by atoms with Crippen LogP contribution in [0.2, 0.25) is 0 Å². The van der Waals surface area contributed by atoms with Crippen LogP contribution in [-0.4, -0.2) is 17.4 Å². The fourth-order valence-electron chi connectivity index (χ4n) is 1.78. The second-order valence-electron chi connectivity index (χ2n) is 4.13. The molecule has 0 radical (unpaired) electrons. The van der Waals surface area contributed by atoms with Crippen molar-refractivity contribution < 1.29 is 4.79 Å². The second-order valence-corrected chi connectivity index (χ2v) is 4.13. The number of nitrogens with one attached hydrogen (secondary N) is 1. The molecular formula is C15H16N2O. The lowest BCUT2D eigenvalue weighted by Crippen LogP contribution is -2.26. The molecule has 1 amide bonds. The summed E-state index contributed by atoms with van der Waals surface area (Å²) in [7, 11) is 0. The van der Waals surface area contributed by atoms with E-state index in [1.54, 1.807) is 18.3 Å². The summed E-state index contributed by atoms with van der Waals surface area (Å²) >= 11 is 0. The maximum absolute atomic E-state index is 11.9. The highest BCUT2D eigenvalue weighted by molar-refractivity contribution is 5.95. The Morgan fingerprint density at radius 1 is 1.17 bits per heavy atom. The minimum Gasteiger partial charge on any atom is -0.352 e. The third kappa shape index (κ3) is 3.17. The number of benzene rings is 1. The topological polar surface area (TPSA) is 42.0 Å². The van der Waals surface area contributed by atoms with Crippen LogP contribution >= 0.6 is 0 Å². The number of nitrogens with zero attached hydrogens (tertiary/aromatic N) is 1. The molecule has 1 heterocycles. The van der Waals surface area contributed by atoms with E-state index < -0.39 is 0 Å². The lowest BCUT2D eigenvalue weighted by Gasteiger charge is -2.06. The predicted molar refractivity (Wildman–Crippen MR) is 71.5 cm³/mol. The predicted octanol–water partition coefficient (Wildman–Crippen LogP) is 2.36. The number of pyridine rings is 1. The van der Waals surface area contributed by atoms with Crippen LogP contribution in [0.1, 0.15) is 21.6 Å². The number of hydrogen-bond donors (Lipinski definition) is 1. The molecule has 0 atom stereocenters. The number of aryl methyl sites for hydroxylation is 1. The molecule has 1 aromatic heterocycles. The molecule has 0 spiro atoms. The van der Waals surface area contributed by atoms with E-state index in [9.17, 15) is 4.79 Å². The third-order valence-corrected chi connectivity index (χ3v) is 2.79. The molecule has 1 aromatic carbocycles. The van der Waals surface area contributed by atoms with Crippen molar-refractivity contribution in [1.82, 2.24) is 10.3 Å². The molecule has 0 bridgehead atoms. The first-order valence-electron chi connectivity index (χ1n) is 6.01. The first-order valence-corrected chi connectivity index (χ1v) is 6.01. The molecule has 92 valence electrons. The Bertz CT molecular complexity index is 523. The summed E-state index contributed by atoms with van der Waals surface area (Å²) in [4.78, 5) is 16.0. The summed E-state index contributed by atoms with van der Waals surface area (Å²) in [5, 5.41) is 2.91. The largest absolute Gasteiger partial charge is 0.352 e. The van der Waals surface area contributed by atoms with Crippen LogP contribution in [0.15, 0.2) is 48.7 Å². The molecule has 18 heavy (non-hydrogen) atoms. The summed E-state index contributed by atoms with van der Waals surface area (Å²) in [6, 6.07) is 13.7. The smallest absolute Gasteiger partial charge is 0.253 e. The van der Waals surface area contributed by atoms with E-state index in [1.165, 1.54) is 5.56 Å².